The average Bonchev–Trinajstić information content (AvgIpc) is 2.42. The van der Waals surface area contributed by atoms with Gasteiger partial charge in [-0.25, -0.2) is 4.39 Å². The molecular weight excluding hydrogens is 243 g/mol. The molecule has 0 saturated carbocycles. The van der Waals surface area contributed by atoms with Crippen LogP contribution < -0.4 is 11.3 Å². The van der Waals surface area contributed by atoms with E-state index in [1.165, 1.54) is 12.1 Å². The first-order valence-electron chi connectivity index (χ1n) is 5.83. The van der Waals surface area contributed by atoms with Crippen LogP contribution in [0.4, 0.5) is 4.39 Å². The van der Waals surface area contributed by atoms with Crippen LogP contribution in [0.3, 0.4) is 0 Å². The Kier molecular flexibility index (Phi) is 4.11. The van der Waals surface area contributed by atoms with E-state index in [0.29, 0.717) is 12.1 Å². The standard InChI is InChI=1S/C15H13FN2O/c16-14-7-6-12(10-13(14)4-3-8-17)11-18-9-2-1-5-15(18)19/h1-2,5-7,9-10H,8,11,17H2. The third-order valence-electron chi connectivity index (χ3n) is 2.61. The number of nitrogens with zero attached hydrogens (tertiary/aromatic N) is 1. The predicted octanol–water partition coefficient (Wildman–Crippen LogP) is 1.35. The van der Waals surface area contributed by atoms with E-state index in [0.717, 1.165) is 5.56 Å². The van der Waals surface area contributed by atoms with Crippen molar-refractivity contribution in [3.8, 4) is 11.8 Å². The quantitative estimate of drug-likeness (QED) is 0.824. The zero-order valence-electron chi connectivity index (χ0n) is 10.3. The highest BCUT2D eigenvalue weighted by molar-refractivity contribution is 5.38. The van der Waals surface area contributed by atoms with E-state index in [1.807, 2.05) is 0 Å². The number of benzene rings is 1. The summed E-state index contributed by atoms with van der Waals surface area (Å²) in [6, 6.07) is 9.57. The molecule has 2 rings (SSSR count). The van der Waals surface area contributed by atoms with Crippen LogP contribution in [0.15, 0.2) is 47.4 Å². The van der Waals surface area contributed by atoms with Crippen molar-refractivity contribution in [1.29, 1.82) is 0 Å². The summed E-state index contributed by atoms with van der Waals surface area (Å²) in [5, 5.41) is 0. The van der Waals surface area contributed by atoms with E-state index in [-0.39, 0.29) is 17.9 Å². The fourth-order valence-electron chi connectivity index (χ4n) is 1.70. The molecule has 0 unspecified atom stereocenters. The molecule has 1 aromatic heterocycles. The van der Waals surface area contributed by atoms with E-state index in [2.05, 4.69) is 11.8 Å². The summed E-state index contributed by atoms with van der Waals surface area (Å²) in [6.45, 7) is 0.569. The topological polar surface area (TPSA) is 48.0 Å². The fraction of sp³-hybridized carbons (Fsp3) is 0.133. The highest BCUT2D eigenvalue weighted by Gasteiger charge is 2.02. The lowest BCUT2D eigenvalue weighted by Gasteiger charge is -2.06. The van der Waals surface area contributed by atoms with Gasteiger partial charge in [0.25, 0.3) is 5.56 Å². The van der Waals surface area contributed by atoms with Gasteiger partial charge in [-0.05, 0) is 23.8 Å². The molecule has 0 radical (unpaired) electrons. The fourth-order valence-corrected chi connectivity index (χ4v) is 1.70. The second-order valence-corrected chi connectivity index (χ2v) is 3.99. The molecule has 96 valence electrons. The maximum Gasteiger partial charge on any atom is 0.250 e. The summed E-state index contributed by atoms with van der Waals surface area (Å²) in [6.07, 6.45) is 1.69. The Morgan fingerprint density at radius 2 is 2.11 bits per heavy atom. The highest BCUT2D eigenvalue weighted by Crippen LogP contribution is 2.10. The number of pyridine rings is 1. The molecule has 4 heteroatoms. The molecule has 2 N–H and O–H groups in total. The van der Waals surface area contributed by atoms with Gasteiger partial charge in [0.2, 0.25) is 0 Å². The van der Waals surface area contributed by atoms with Crippen LogP contribution in [0.5, 0.6) is 0 Å². The summed E-state index contributed by atoms with van der Waals surface area (Å²) in [5.41, 5.74) is 6.28. The Bertz CT molecular complexity index is 695. The molecule has 1 heterocycles. The van der Waals surface area contributed by atoms with Gasteiger partial charge in [0.15, 0.2) is 0 Å². The van der Waals surface area contributed by atoms with E-state index in [9.17, 15) is 9.18 Å². The minimum Gasteiger partial charge on any atom is -0.320 e. The van der Waals surface area contributed by atoms with Crippen LogP contribution in [0.25, 0.3) is 0 Å². The number of nitrogens with two attached hydrogens (primary N) is 1. The number of aromatic nitrogens is 1. The minimum atomic E-state index is -0.384. The number of halogens is 1. The van der Waals surface area contributed by atoms with Gasteiger partial charge in [-0.15, -0.1) is 0 Å². The van der Waals surface area contributed by atoms with Gasteiger partial charge in [0.1, 0.15) is 5.82 Å². The third kappa shape index (κ3) is 3.30. The van der Waals surface area contributed by atoms with E-state index >= 15 is 0 Å². The normalized spacial score (nSPS) is 9.79. The molecular formula is C15H13FN2O. The first kappa shape index (κ1) is 13.1. The molecule has 1 aromatic carbocycles. The Morgan fingerprint density at radius 1 is 1.26 bits per heavy atom. The second kappa shape index (κ2) is 5.98. The van der Waals surface area contributed by atoms with Crippen molar-refractivity contribution >= 4 is 0 Å². The molecule has 0 aliphatic rings. The lowest BCUT2D eigenvalue weighted by Crippen LogP contribution is -2.18. The van der Waals surface area contributed by atoms with Crippen LogP contribution in [-0.2, 0) is 6.54 Å². The summed E-state index contributed by atoms with van der Waals surface area (Å²) in [5.74, 6) is 4.91. The molecule has 3 nitrogen and oxygen atoms in total. The molecule has 0 bridgehead atoms. The van der Waals surface area contributed by atoms with Gasteiger partial charge < -0.3 is 10.3 Å². The number of rotatable bonds is 2. The lowest BCUT2D eigenvalue weighted by molar-refractivity contribution is 0.622. The summed E-state index contributed by atoms with van der Waals surface area (Å²) >= 11 is 0. The van der Waals surface area contributed by atoms with Gasteiger partial charge in [0.05, 0.1) is 18.7 Å². The van der Waals surface area contributed by atoms with Crippen LogP contribution in [0.1, 0.15) is 11.1 Å². The molecule has 0 aliphatic carbocycles. The van der Waals surface area contributed by atoms with Crippen molar-refractivity contribution in [2.45, 2.75) is 6.54 Å². The number of hydrogen-bond acceptors (Lipinski definition) is 2. The van der Waals surface area contributed by atoms with E-state index in [4.69, 9.17) is 5.73 Å². The predicted molar refractivity (Wildman–Crippen MR) is 72.1 cm³/mol. The largest absolute Gasteiger partial charge is 0.320 e. The van der Waals surface area contributed by atoms with Gasteiger partial charge in [-0.2, -0.15) is 0 Å². The molecule has 0 aliphatic heterocycles. The minimum absolute atomic E-state index is 0.0959. The zero-order chi connectivity index (χ0) is 13.7. The maximum absolute atomic E-state index is 13.5. The van der Waals surface area contributed by atoms with Gasteiger partial charge in [0, 0.05) is 12.3 Å². The van der Waals surface area contributed by atoms with Crippen molar-refractivity contribution in [2.24, 2.45) is 5.73 Å². The second-order valence-electron chi connectivity index (χ2n) is 3.99. The zero-order valence-corrected chi connectivity index (χ0v) is 10.3. The van der Waals surface area contributed by atoms with Crippen LogP contribution in [0.2, 0.25) is 0 Å². The van der Waals surface area contributed by atoms with Crippen LogP contribution in [0, 0.1) is 17.7 Å². The van der Waals surface area contributed by atoms with Crippen molar-refractivity contribution in [3.05, 3.63) is 69.9 Å². The first-order valence-corrected chi connectivity index (χ1v) is 5.83. The van der Waals surface area contributed by atoms with Crippen molar-refractivity contribution < 1.29 is 4.39 Å². The molecule has 0 saturated heterocycles. The molecule has 2 aromatic rings. The maximum atomic E-state index is 13.5. The number of hydrogen-bond donors (Lipinski definition) is 1. The van der Waals surface area contributed by atoms with Crippen molar-refractivity contribution in [1.82, 2.24) is 4.57 Å². The molecule has 0 amide bonds. The monoisotopic (exact) mass is 256 g/mol. The summed E-state index contributed by atoms with van der Waals surface area (Å²) in [4.78, 5) is 11.6. The van der Waals surface area contributed by atoms with Crippen molar-refractivity contribution in [2.75, 3.05) is 6.54 Å². The molecule has 0 fully saturated rings. The van der Waals surface area contributed by atoms with Crippen LogP contribution >= 0.6 is 0 Å². The Balaban J connectivity index is 2.32. The Morgan fingerprint density at radius 3 is 2.84 bits per heavy atom. The summed E-state index contributed by atoms with van der Waals surface area (Å²) < 4.78 is 15.0. The first-order chi connectivity index (χ1) is 9.20. The van der Waals surface area contributed by atoms with Gasteiger partial charge >= 0.3 is 0 Å². The molecule has 0 atom stereocenters. The molecule has 0 spiro atoms. The molecule has 19 heavy (non-hydrogen) atoms. The van der Waals surface area contributed by atoms with Gasteiger partial charge in [-0.3, -0.25) is 4.79 Å². The third-order valence-corrected chi connectivity index (χ3v) is 2.61. The average molecular weight is 256 g/mol. The lowest BCUT2D eigenvalue weighted by atomic mass is 10.1. The van der Waals surface area contributed by atoms with Crippen molar-refractivity contribution in [3.63, 3.8) is 0 Å². The highest BCUT2D eigenvalue weighted by atomic mass is 19.1. The smallest absolute Gasteiger partial charge is 0.250 e. The van der Waals surface area contributed by atoms with E-state index < -0.39 is 0 Å². The summed E-state index contributed by atoms with van der Waals surface area (Å²) in [7, 11) is 0. The SMILES string of the molecule is NCC#Cc1cc(Cn2ccccc2=O)ccc1F. The Labute approximate surface area is 110 Å². The van der Waals surface area contributed by atoms with Crippen LogP contribution in [-0.4, -0.2) is 11.1 Å². The van der Waals surface area contributed by atoms with Gasteiger partial charge in [-0.1, -0.05) is 24.0 Å². The Hall–Kier alpha value is -2.38. The van der Waals surface area contributed by atoms with E-state index in [1.54, 1.807) is 35.0 Å².